The van der Waals surface area contributed by atoms with Gasteiger partial charge in [-0.1, -0.05) is 39.2 Å². The van der Waals surface area contributed by atoms with E-state index < -0.39 is 28.9 Å². The number of H-pyrrole nitrogens is 1. The molecule has 3 N–H and O–H groups in total. The second-order valence-corrected chi connectivity index (χ2v) is 9.03. The van der Waals surface area contributed by atoms with E-state index >= 15 is 0 Å². The van der Waals surface area contributed by atoms with Gasteiger partial charge in [-0.05, 0) is 37.5 Å². The first-order chi connectivity index (χ1) is 16.7. The Kier molecular flexibility index (Phi) is 8.48. The van der Waals surface area contributed by atoms with Crippen molar-refractivity contribution in [3.8, 4) is 0 Å². The van der Waals surface area contributed by atoms with Crippen LogP contribution in [-0.2, 0) is 16.1 Å². The largest absolute Gasteiger partial charge is 0.383 e. The summed E-state index contributed by atoms with van der Waals surface area (Å²) >= 11 is 0. The van der Waals surface area contributed by atoms with Gasteiger partial charge in [0, 0.05) is 31.7 Å². The van der Waals surface area contributed by atoms with Crippen molar-refractivity contribution < 1.29 is 14.0 Å². The molecule has 10 heteroatoms. The third-order valence-electron chi connectivity index (χ3n) is 6.41. The Hall–Kier alpha value is -3.43. The zero-order chi connectivity index (χ0) is 25.7. The Balaban J connectivity index is 1.95. The number of carbonyl (C=O) groups excluding carboxylic acids is 2. The molecule has 1 atom stereocenters. The molecule has 0 spiro atoms. The number of nitrogens with zero attached hydrogens (tertiary/aromatic N) is 3. The molecule has 0 bridgehead atoms. The molecule has 1 saturated heterocycles. The van der Waals surface area contributed by atoms with Gasteiger partial charge < -0.3 is 15.5 Å². The van der Waals surface area contributed by atoms with Crippen molar-refractivity contribution in [1.29, 1.82) is 0 Å². The fourth-order valence-corrected chi connectivity index (χ4v) is 4.32. The number of amides is 2. The summed E-state index contributed by atoms with van der Waals surface area (Å²) in [6.45, 7) is 6.24. The van der Waals surface area contributed by atoms with E-state index in [2.05, 4.69) is 4.98 Å². The number of nitrogens with one attached hydrogen (secondary N) is 1. The van der Waals surface area contributed by atoms with Crippen LogP contribution >= 0.6 is 0 Å². The average molecular weight is 488 g/mol. The fraction of sp³-hybridized carbons (Fsp3) is 0.520. The molecule has 0 aliphatic carbocycles. The first-order valence-electron chi connectivity index (χ1n) is 12.2. The van der Waals surface area contributed by atoms with Crippen LogP contribution in [0.25, 0.3) is 0 Å². The van der Waals surface area contributed by atoms with Crippen LogP contribution in [0, 0.1) is 18.7 Å². The summed E-state index contributed by atoms with van der Waals surface area (Å²) in [7, 11) is 0. The number of aryl methyl sites for hydroxylation is 1. The monoisotopic (exact) mass is 487 g/mol. The van der Waals surface area contributed by atoms with Crippen LogP contribution in [-0.4, -0.2) is 34.5 Å². The number of anilines is 3. The molecule has 2 aromatic rings. The van der Waals surface area contributed by atoms with E-state index in [9.17, 15) is 23.6 Å². The Morgan fingerprint density at radius 1 is 1.17 bits per heavy atom. The molecular formula is C25H34FN5O4. The van der Waals surface area contributed by atoms with Gasteiger partial charge in [-0.15, -0.1) is 0 Å². The third-order valence-corrected chi connectivity index (χ3v) is 6.41. The number of carbonyl (C=O) groups is 2. The standard InChI is InChI=1S/C25H34FN5O4/c1-4-6-8-12-29(21-22(27)30(11-7-5-2)25(35)28-23(21)33)24(34)17-13-20(32)31(15-17)18-10-9-16(3)19(26)14-18/h9-10,14,17H,4-8,11-13,15,27H2,1-3H3,(H,28,33,35). The Labute approximate surface area is 203 Å². The second kappa shape index (κ2) is 11.3. The van der Waals surface area contributed by atoms with E-state index in [0.29, 0.717) is 30.6 Å². The topological polar surface area (TPSA) is 121 Å². The van der Waals surface area contributed by atoms with Crippen LogP contribution in [0.15, 0.2) is 27.8 Å². The SMILES string of the molecule is CCCCCN(C(=O)C1CC(=O)N(c2ccc(C)c(F)c2)C1)c1c(N)n(CCCC)c(=O)[nH]c1=O. The molecule has 1 unspecified atom stereocenters. The van der Waals surface area contributed by atoms with Gasteiger partial charge in [-0.3, -0.25) is 23.9 Å². The highest BCUT2D eigenvalue weighted by Gasteiger charge is 2.39. The van der Waals surface area contributed by atoms with Crippen molar-refractivity contribution >= 4 is 29.0 Å². The van der Waals surface area contributed by atoms with Gasteiger partial charge in [0.1, 0.15) is 11.6 Å². The summed E-state index contributed by atoms with van der Waals surface area (Å²) in [5, 5.41) is 0. The van der Waals surface area contributed by atoms with Crippen molar-refractivity contribution in [2.45, 2.75) is 65.8 Å². The number of nitrogens with two attached hydrogens (primary N) is 1. The van der Waals surface area contributed by atoms with Gasteiger partial charge in [-0.2, -0.15) is 0 Å². The zero-order valence-corrected chi connectivity index (χ0v) is 20.6. The number of hydrogen-bond acceptors (Lipinski definition) is 5. The number of aromatic amines is 1. The summed E-state index contributed by atoms with van der Waals surface area (Å²) in [6.07, 6.45) is 3.79. The van der Waals surface area contributed by atoms with Gasteiger partial charge in [0.05, 0.1) is 5.92 Å². The van der Waals surface area contributed by atoms with Crippen LogP contribution in [0.2, 0.25) is 0 Å². The van der Waals surface area contributed by atoms with Crippen molar-refractivity contribution in [3.63, 3.8) is 0 Å². The second-order valence-electron chi connectivity index (χ2n) is 9.03. The summed E-state index contributed by atoms with van der Waals surface area (Å²) in [5.41, 5.74) is 5.71. The summed E-state index contributed by atoms with van der Waals surface area (Å²) in [6, 6.07) is 4.52. The van der Waals surface area contributed by atoms with Gasteiger partial charge in [0.25, 0.3) is 5.56 Å². The third kappa shape index (κ3) is 5.63. The Bertz CT molecular complexity index is 1210. The molecule has 0 saturated carbocycles. The molecule has 3 rings (SSSR count). The lowest BCUT2D eigenvalue weighted by molar-refractivity contribution is -0.124. The van der Waals surface area contributed by atoms with Gasteiger partial charge in [0.15, 0.2) is 5.69 Å². The minimum Gasteiger partial charge on any atom is -0.383 e. The van der Waals surface area contributed by atoms with E-state index in [4.69, 9.17) is 5.73 Å². The first kappa shape index (κ1) is 26.2. The normalized spacial score (nSPS) is 15.6. The molecule has 2 heterocycles. The fourth-order valence-electron chi connectivity index (χ4n) is 4.32. The van der Waals surface area contributed by atoms with Crippen LogP contribution in [0.3, 0.4) is 0 Å². The Morgan fingerprint density at radius 2 is 1.89 bits per heavy atom. The molecule has 0 radical (unpaired) electrons. The number of hydrogen-bond donors (Lipinski definition) is 2. The van der Waals surface area contributed by atoms with Crippen LogP contribution < -0.4 is 26.8 Å². The van der Waals surface area contributed by atoms with E-state index in [1.54, 1.807) is 19.1 Å². The molecule has 1 aliphatic heterocycles. The lowest BCUT2D eigenvalue weighted by Gasteiger charge is -2.27. The van der Waals surface area contributed by atoms with Crippen molar-refractivity contribution in [2.75, 3.05) is 28.6 Å². The minimum absolute atomic E-state index is 0.0566. The van der Waals surface area contributed by atoms with Gasteiger partial charge >= 0.3 is 5.69 Å². The number of nitrogen functional groups attached to an aromatic ring is 1. The molecular weight excluding hydrogens is 453 g/mol. The lowest BCUT2D eigenvalue weighted by atomic mass is 10.1. The van der Waals surface area contributed by atoms with Gasteiger partial charge in [0.2, 0.25) is 11.8 Å². The number of halogens is 1. The van der Waals surface area contributed by atoms with E-state index in [-0.39, 0.29) is 36.9 Å². The van der Waals surface area contributed by atoms with Crippen LogP contribution in [0.4, 0.5) is 21.6 Å². The van der Waals surface area contributed by atoms with Gasteiger partial charge in [-0.25, -0.2) is 9.18 Å². The number of benzene rings is 1. The summed E-state index contributed by atoms with van der Waals surface area (Å²) < 4.78 is 15.4. The summed E-state index contributed by atoms with van der Waals surface area (Å²) in [5.74, 6) is -1.93. The zero-order valence-electron chi connectivity index (χ0n) is 20.6. The smallest absolute Gasteiger partial charge is 0.330 e. The highest BCUT2D eigenvalue weighted by Crippen LogP contribution is 2.29. The summed E-state index contributed by atoms with van der Waals surface area (Å²) in [4.78, 5) is 56.6. The molecule has 1 aromatic heterocycles. The highest BCUT2D eigenvalue weighted by molar-refractivity contribution is 6.05. The molecule has 1 aromatic carbocycles. The van der Waals surface area contributed by atoms with Crippen LogP contribution in [0.5, 0.6) is 0 Å². The minimum atomic E-state index is -0.733. The maximum Gasteiger partial charge on any atom is 0.330 e. The maximum absolute atomic E-state index is 14.1. The van der Waals surface area contributed by atoms with Crippen LogP contribution in [0.1, 0.15) is 57.9 Å². The number of rotatable bonds is 10. The average Bonchev–Trinajstić information content (AvgIpc) is 3.20. The molecule has 1 aliphatic rings. The molecule has 35 heavy (non-hydrogen) atoms. The van der Waals surface area contributed by atoms with E-state index in [1.165, 1.54) is 20.4 Å². The first-order valence-corrected chi connectivity index (χ1v) is 12.2. The molecule has 9 nitrogen and oxygen atoms in total. The number of aromatic nitrogens is 2. The predicted octanol–water partition coefficient (Wildman–Crippen LogP) is 2.94. The van der Waals surface area contributed by atoms with E-state index in [1.807, 2.05) is 13.8 Å². The number of unbranched alkanes of at least 4 members (excludes halogenated alkanes) is 3. The highest BCUT2D eigenvalue weighted by atomic mass is 19.1. The molecule has 2 amide bonds. The maximum atomic E-state index is 14.1. The Morgan fingerprint density at radius 3 is 2.54 bits per heavy atom. The lowest BCUT2D eigenvalue weighted by Crippen LogP contribution is -2.44. The van der Waals surface area contributed by atoms with Crippen molar-refractivity contribution in [2.24, 2.45) is 5.92 Å². The quantitative estimate of drug-likeness (QED) is 0.499. The molecule has 1 fully saturated rings. The van der Waals surface area contributed by atoms with Crippen molar-refractivity contribution in [3.05, 3.63) is 50.4 Å². The van der Waals surface area contributed by atoms with E-state index in [0.717, 1.165) is 19.3 Å². The predicted molar refractivity (Wildman–Crippen MR) is 134 cm³/mol. The molecule has 190 valence electrons. The van der Waals surface area contributed by atoms with Crippen molar-refractivity contribution in [1.82, 2.24) is 9.55 Å².